The Morgan fingerprint density at radius 2 is 2.21 bits per heavy atom. The number of hydrogen-bond donors (Lipinski definition) is 0. The predicted octanol–water partition coefficient (Wildman–Crippen LogP) is 2.17. The summed E-state index contributed by atoms with van der Waals surface area (Å²) >= 11 is 0. The summed E-state index contributed by atoms with van der Waals surface area (Å²) in [7, 11) is 0. The molecule has 0 aliphatic carbocycles. The van der Waals surface area contributed by atoms with Gasteiger partial charge in [0.15, 0.2) is 5.78 Å². The van der Waals surface area contributed by atoms with Crippen LogP contribution in [-0.2, 0) is 0 Å². The van der Waals surface area contributed by atoms with E-state index in [9.17, 15) is 4.79 Å². The summed E-state index contributed by atoms with van der Waals surface area (Å²) in [6.07, 6.45) is 5.29. The number of nitrogens with zero attached hydrogens (tertiary/aromatic N) is 2. The first-order chi connectivity index (χ1) is 6.68. The SMILES string of the molecule is CC(C)C(=O)c1ccc2cncn2c1. The van der Waals surface area contributed by atoms with Gasteiger partial charge in [0.1, 0.15) is 0 Å². The molecule has 0 unspecified atom stereocenters. The van der Waals surface area contributed by atoms with Gasteiger partial charge >= 0.3 is 0 Å². The number of imidazole rings is 1. The number of pyridine rings is 1. The highest BCUT2D eigenvalue weighted by Gasteiger charge is 2.10. The zero-order chi connectivity index (χ0) is 10.1. The molecule has 0 atom stereocenters. The van der Waals surface area contributed by atoms with Crippen LogP contribution in [0.15, 0.2) is 30.9 Å². The maximum Gasteiger partial charge on any atom is 0.166 e. The van der Waals surface area contributed by atoms with E-state index in [2.05, 4.69) is 4.98 Å². The van der Waals surface area contributed by atoms with Crippen LogP contribution in [0.5, 0.6) is 0 Å². The summed E-state index contributed by atoms with van der Waals surface area (Å²) in [6, 6.07) is 3.75. The van der Waals surface area contributed by atoms with E-state index in [0.29, 0.717) is 0 Å². The molecule has 0 saturated heterocycles. The van der Waals surface area contributed by atoms with E-state index < -0.39 is 0 Å². The minimum Gasteiger partial charge on any atom is -0.306 e. The van der Waals surface area contributed by atoms with Crippen molar-refractivity contribution in [2.75, 3.05) is 0 Å². The van der Waals surface area contributed by atoms with Crippen LogP contribution < -0.4 is 0 Å². The Kier molecular flexibility index (Phi) is 2.08. The molecule has 14 heavy (non-hydrogen) atoms. The fourth-order valence-electron chi connectivity index (χ4n) is 1.40. The first kappa shape index (κ1) is 8.94. The average molecular weight is 188 g/mol. The van der Waals surface area contributed by atoms with Gasteiger partial charge in [-0.05, 0) is 12.1 Å². The summed E-state index contributed by atoms with van der Waals surface area (Å²) < 4.78 is 1.86. The van der Waals surface area contributed by atoms with E-state index in [1.807, 2.05) is 36.6 Å². The van der Waals surface area contributed by atoms with Gasteiger partial charge in [-0.15, -0.1) is 0 Å². The molecule has 2 aromatic heterocycles. The predicted molar refractivity (Wildman–Crippen MR) is 54.4 cm³/mol. The lowest BCUT2D eigenvalue weighted by atomic mass is 10.0. The van der Waals surface area contributed by atoms with Crippen molar-refractivity contribution in [1.82, 2.24) is 9.38 Å². The summed E-state index contributed by atoms with van der Waals surface area (Å²) in [4.78, 5) is 15.7. The topological polar surface area (TPSA) is 34.4 Å². The summed E-state index contributed by atoms with van der Waals surface area (Å²) in [6.45, 7) is 3.81. The normalized spacial score (nSPS) is 11.1. The Labute approximate surface area is 82.4 Å². The van der Waals surface area contributed by atoms with Gasteiger partial charge in [-0.25, -0.2) is 4.98 Å². The minimum atomic E-state index is 0.0379. The van der Waals surface area contributed by atoms with Gasteiger partial charge in [0, 0.05) is 17.7 Å². The Morgan fingerprint density at radius 3 is 2.93 bits per heavy atom. The van der Waals surface area contributed by atoms with E-state index in [-0.39, 0.29) is 11.7 Å². The molecule has 0 aliphatic heterocycles. The summed E-state index contributed by atoms with van der Waals surface area (Å²) in [5, 5.41) is 0. The highest BCUT2D eigenvalue weighted by molar-refractivity contribution is 5.97. The molecular formula is C11H12N2O. The average Bonchev–Trinajstić information content (AvgIpc) is 2.62. The van der Waals surface area contributed by atoms with Gasteiger partial charge in [0.2, 0.25) is 0 Å². The third kappa shape index (κ3) is 1.41. The van der Waals surface area contributed by atoms with Gasteiger partial charge in [-0.1, -0.05) is 13.8 Å². The van der Waals surface area contributed by atoms with Crippen molar-refractivity contribution in [3.8, 4) is 0 Å². The Morgan fingerprint density at radius 1 is 1.43 bits per heavy atom. The molecule has 2 rings (SSSR count). The van der Waals surface area contributed by atoms with Crippen LogP contribution in [-0.4, -0.2) is 15.2 Å². The van der Waals surface area contributed by atoms with Crippen LogP contribution in [0, 0.1) is 5.92 Å². The van der Waals surface area contributed by atoms with Gasteiger partial charge in [0.05, 0.1) is 18.0 Å². The molecule has 0 fully saturated rings. The van der Waals surface area contributed by atoms with Gasteiger partial charge < -0.3 is 4.40 Å². The van der Waals surface area contributed by atoms with Crippen molar-refractivity contribution in [2.24, 2.45) is 5.92 Å². The molecule has 0 amide bonds. The van der Waals surface area contributed by atoms with Crippen LogP contribution >= 0.6 is 0 Å². The molecule has 2 aromatic rings. The second-order valence-corrected chi connectivity index (χ2v) is 3.66. The minimum absolute atomic E-state index is 0.0379. The smallest absolute Gasteiger partial charge is 0.166 e. The monoisotopic (exact) mass is 188 g/mol. The first-order valence-corrected chi connectivity index (χ1v) is 4.64. The highest BCUT2D eigenvalue weighted by atomic mass is 16.1. The number of hydrogen-bond acceptors (Lipinski definition) is 2. The molecule has 72 valence electrons. The fraction of sp³-hybridized carbons (Fsp3) is 0.273. The van der Waals surface area contributed by atoms with E-state index in [0.717, 1.165) is 11.1 Å². The number of Topliss-reactive ketones (excluding diaryl/α,β-unsaturated/α-hetero) is 1. The van der Waals surface area contributed by atoms with Gasteiger partial charge in [-0.2, -0.15) is 0 Å². The quantitative estimate of drug-likeness (QED) is 0.677. The lowest BCUT2D eigenvalue weighted by molar-refractivity contribution is 0.0939. The lowest BCUT2D eigenvalue weighted by Gasteiger charge is -2.04. The van der Waals surface area contributed by atoms with E-state index >= 15 is 0 Å². The van der Waals surface area contributed by atoms with Crippen molar-refractivity contribution in [3.05, 3.63) is 36.4 Å². The molecule has 2 heterocycles. The second-order valence-electron chi connectivity index (χ2n) is 3.66. The number of carbonyl (C=O) groups is 1. The molecule has 0 aromatic carbocycles. The van der Waals surface area contributed by atoms with Crippen LogP contribution in [0.2, 0.25) is 0 Å². The van der Waals surface area contributed by atoms with Crippen molar-refractivity contribution in [1.29, 1.82) is 0 Å². The van der Waals surface area contributed by atoms with Crippen molar-refractivity contribution >= 4 is 11.3 Å². The molecule has 3 heteroatoms. The Bertz CT molecular complexity index is 471. The number of rotatable bonds is 2. The lowest BCUT2D eigenvalue weighted by Crippen LogP contribution is -2.07. The second kappa shape index (κ2) is 3.25. The van der Waals surface area contributed by atoms with Crippen LogP contribution in [0.3, 0.4) is 0 Å². The summed E-state index contributed by atoms with van der Waals surface area (Å²) in [5.41, 5.74) is 1.75. The highest BCUT2D eigenvalue weighted by Crippen LogP contribution is 2.10. The molecule has 0 saturated carbocycles. The third-order valence-corrected chi connectivity index (χ3v) is 2.22. The zero-order valence-electron chi connectivity index (χ0n) is 8.27. The van der Waals surface area contributed by atoms with E-state index in [4.69, 9.17) is 0 Å². The molecular weight excluding hydrogens is 176 g/mol. The molecule has 0 N–H and O–H groups in total. The van der Waals surface area contributed by atoms with Crippen LogP contribution in [0.25, 0.3) is 5.52 Å². The standard InChI is InChI=1S/C11H12N2O/c1-8(2)11(14)9-3-4-10-5-12-7-13(10)6-9/h3-8H,1-2H3. The number of ketones is 1. The van der Waals surface area contributed by atoms with E-state index in [1.54, 1.807) is 12.5 Å². The third-order valence-electron chi connectivity index (χ3n) is 2.22. The maximum absolute atomic E-state index is 11.7. The van der Waals surface area contributed by atoms with Crippen molar-refractivity contribution in [2.45, 2.75) is 13.8 Å². The Hall–Kier alpha value is -1.64. The number of carbonyl (C=O) groups excluding carboxylic acids is 1. The largest absolute Gasteiger partial charge is 0.306 e. The zero-order valence-corrected chi connectivity index (χ0v) is 8.27. The maximum atomic E-state index is 11.7. The molecule has 3 nitrogen and oxygen atoms in total. The fourth-order valence-corrected chi connectivity index (χ4v) is 1.40. The molecule has 0 spiro atoms. The number of fused-ring (bicyclic) bond motifs is 1. The van der Waals surface area contributed by atoms with Crippen molar-refractivity contribution in [3.63, 3.8) is 0 Å². The van der Waals surface area contributed by atoms with Crippen LogP contribution in [0.1, 0.15) is 24.2 Å². The van der Waals surface area contributed by atoms with Gasteiger partial charge in [0.25, 0.3) is 0 Å². The molecule has 0 bridgehead atoms. The van der Waals surface area contributed by atoms with Crippen LogP contribution in [0.4, 0.5) is 0 Å². The number of aromatic nitrogens is 2. The van der Waals surface area contributed by atoms with Crippen molar-refractivity contribution < 1.29 is 4.79 Å². The van der Waals surface area contributed by atoms with E-state index in [1.165, 1.54) is 0 Å². The molecule has 0 radical (unpaired) electrons. The Balaban J connectivity index is 2.48. The first-order valence-electron chi connectivity index (χ1n) is 4.64. The molecule has 0 aliphatic rings. The summed E-state index contributed by atoms with van der Waals surface area (Å²) in [5.74, 6) is 0.205. The van der Waals surface area contributed by atoms with Gasteiger partial charge in [-0.3, -0.25) is 4.79 Å².